The largest absolute Gasteiger partial charge is 0.491 e. The van der Waals surface area contributed by atoms with Gasteiger partial charge in [-0.25, -0.2) is 4.39 Å². The van der Waals surface area contributed by atoms with E-state index in [-0.39, 0.29) is 11.9 Å². The molecule has 1 fully saturated rings. The molecule has 1 aliphatic rings. The highest BCUT2D eigenvalue weighted by atomic mass is 19.1. The molecule has 3 nitrogen and oxygen atoms in total. The average molecular weight is 266 g/mol. The van der Waals surface area contributed by atoms with Gasteiger partial charge in [0.1, 0.15) is 0 Å². The summed E-state index contributed by atoms with van der Waals surface area (Å²) in [6.45, 7) is 3.39. The molecule has 0 amide bonds. The zero-order valence-electron chi connectivity index (χ0n) is 11.9. The van der Waals surface area contributed by atoms with Gasteiger partial charge in [-0.2, -0.15) is 0 Å². The summed E-state index contributed by atoms with van der Waals surface area (Å²) in [4.78, 5) is 2.15. The molecule has 1 heterocycles. The lowest BCUT2D eigenvalue weighted by molar-refractivity contribution is 0.243. The number of hydrogen-bond donors (Lipinski definition) is 1. The quantitative estimate of drug-likeness (QED) is 0.886. The van der Waals surface area contributed by atoms with Crippen molar-refractivity contribution in [3.63, 3.8) is 0 Å². The smallest absolute Gasteiger partial charge is 0.165 e. The summed E-state index contributed by atoms with van der Waals surface area (Å²) >= 11 is 0. The Morgan fingerprint density at radius 1 is 1.47 bits per heavy atom. The molecule has 1 aliphatic heterocycles. The Morgan fingerprint density at radius 3 is 2.79 bits per heavy atom. The Balaban J connectivity index is 2.24. The molecule has 1 aromatic rings. The van der Waals surface area contributed by atoms with Crippen molar-refractivity contribution in [2.45, 2.75) is 31.8 Å². The summed E-state index contributed by atoms with van der Waals surface area (Å²) in [6, 6.07) is 5.91. The van der Waals surface area contributed by atoms with Gasteiger partial charge < -0.3 is 15.0 Å². The summed E-state index contributed by atoms with van der Waals surface area (Å²) in [7, 11) is 4.08. The fourth-order valence-corrected chi connectivity index (χ4v) is 2.84. The second kappa shape index (κ2) is 6.35. The van der Waals surface area contributed by atoms with E-state index in [1.807, 2.05) is 27.1 Å². The standard InChI is InChI=1S/C15H23FN2O/c1-4-19-14-8-7-11(10-12(14)16)15(18(2)3)13-6-5-9-17-13/h7-8,10,13,15,17H,4-6,9H2,1-3H3. The maximum Gasteiger partial charge on any atom is 0.165 e. The van der Waals surface area contributed by atoms with Gasteiger partial charge in [-0.1, -0.05) is 6.07 Å². The number of nitrogens with one attached hydrogen (secondary N) is 1. The van der Waals surface area contributed by atoms with E-state index in [1.54, 1.807) is 12.1 Å². The summed E-state index contributed by atoms with van der Waals surface area (Å²) < 4.78 is 19.2. The van der Waals surface area contributed by atoms with Crippen LogP contribution in [0.4, 0.5) is 4.39 Å². The molecule has 0 bridgehead atoms. The second-order valence-corrected chi connectivity index (χ2v) is 5.23. The van der Waals surface area contributed by atoms with E-state index < -0.39 is 0 Å². The summed E-state index contributed by atoms with van der Waals surface area (Å²) in [6.07, 6.45) is 2.33. The van der Waals surface area contributed by atoms with Crippen LogP contribution in [0.2, 0.25) is 0 Å². The van der Waals surface area contributed by atoms with E-state index in [0.29, 0.717) is 18.4 Å². The molecule has 0 aromatic heterocycles. The lowest BCUT2D eigenvalue weighted by Crippen LogP contribution is -2.37. The van der Waals surface area contributed by atoms with Gasteiger partial charge >= 0.3 is 0 Å². The average Bonchev–Trinajstić information content (AvgIpc) is 2.86. The Hall–Kier alpha value is -1.13. The topological polar surface area (TPSA) is 24.5 Å². The first kappa shape index (κ1) is 14.3. The fraction of sp³-hybridized carbons (Fsp3) is 0.600. The van der Waals surface area contributed by atoms with Gasteiger partial charge in [-0.15, -0.1) is 0 Å². The van der Waals surface area contributed by atoms with Crippen LogP contribution in [0.15, 0.2) is 18.2 Å². The predicted octanol–water partition coefficient (Wildman–Crippen LogP) is 2.58. The zero-order chi connectivity index (χ0) is 13.8. The Morgan fingerprint density at radius 2 is 2.26 bits per heavy atom. The van der Waals surface area contributed by atoms with Gasteiger partial charge in [0, 0.05) is 12.1 Å². The Labute approximate surface area is 114 Å². The van der Waals surface area contributed by atoms with Crippen LogP contribution >= 0.6 is 0 Å². The first-order chi connectivity index (χ1) is 9.13. The number of rotatable bonds is 5. The maximum absolute atomic E-state index is 14.0. The summed E-state index contributed by atoms with van der Waals surface area (Å²) in [5.74, 6) is 0.0623. The SMILES string of the molecule is CCOc1ccc(C(C2CCCN2)N(C)C)cc1F. The molecule has 0 spiro atoms. The van der Waals surface area contributed by atoms with Gasteiger partial charge in [0.25, 0.3) is 0 Å². The second-order valence-electron chi connectivity index (χ2n) is 5.23. The highest BCUT2D eigenvalue weighted by Crippen LogP contribution is 2.30. The molecule has 0 aliphatic carbocycles. The maximum atomic E-state index is 14.0. The summed E-state index contributed by atoms with van der Waals surface area (Å²) in [5.41, 5.74) is 1.00. The molecule has 0 saturated carbocycles. The molecular weight excluding hydrogens is 243 g/mol. The molecule has 0 radical (unpaired) electrons. The highest BCUT2D eigenvalue weighted by molar-refractivity contribution is 5.32. The Kier molecular flexibility index (Phi) is 4.77. The first-order valence-electron chi connectivity index (χ1n) is 6.95. The number of ether oxygens (including phenoxy) is 1. The minimum absolute atomic E-state index is 0.202. The number of likely N-dealkylation sites (N-methyl/N-ethyl adjacent to an activating group) is 1. The third kappa shape index (κ3) is 3.25. The molecule has 2 unspecified atom stereocenters. The molecule has 1 saturated heterocycles. The minimum atomic E-state index is -0.274. The van der Waals surface area contributed by atoms with Crippen molar-refractivity contribution >= 4 is 0 Å². The molecule has 19 heavy (non-hydrogen) atoms. The van der Waals surface area contributed by atoms with Gasteiger partial charge in [0.05, 0.1) is 6.61 Å². The van der Waals surface area contributed by atoms with Crippen LogP contribution < -0.4 is 10.1 Å². The van der Waals surface area contributed by atoms with Gasteiger partial charge in [-0.3, -0.25) is 0 Å². The van der Waals surface area contributed by atoms with Crippen molar-refractivity contribution in [3.8, 4) is 5.75 Å². The molecule has 106 valence electrons. The van der Waals surface area contributed by atoms with E-state index in [4.69, 9.17) is 4.74 Å². The van der Waals surface area contributed by atoms with Gasteiger partial charge in [-0.05, 0) is 58.1 Å². The minimum Gasteiger partial charge on any atom is -0.491 e. The van der Waals surface area contributed by atoms with Gasteiger partial charge in [0.15, 0.2) is 11.6 Å². The van der Waals surface area contributed by atoms with Crippen LogP contribution in [-0.4, -0.2) is 38.2 Å². The van der Waals surface area contributed by atoms with E-state index in [2.05, 4.69) is 10.2 Å². The first-order valence-corrected chi connectivity index (χ1v) is 6.95. The van der Waals surface area contributed by atoms with E-state index in [0.717, 1.165) is 18.5 Å². The van der Waals surface area contributed by atoms with E-state index in [1.165, 1.54) is 6.42 Å². The molecule has 1 aromatic carbocycles. The van der Waals surface area contributed by atoms with Gasteiger partial charge in [0.2, 0.25) is 0 Å². The van der Waals surface area contributed by atoms with E-state index in [9.17, 15) is 4.39 Å². The van der Waals surface area contributed by atoms with Crippen LogP contribution in [0.5, 0.6) is 5.75 Å². The number of hydrogen-bond acceptors (Lipinski definition) is 3. The van der Waals surface area contributed by atoms with Crippen molar-refractivity contribution in [3.05, 3.63) is 29.6 Å². The van der Waals surface area contributed by atoms with Crippen molar-refractivity contribution < 1.29 is 9.13 Å². The molecule has 4 heteroatoms. The number of halogens is 1. The van der Waals surface area contributed by atoms with Crippen LogP contribution in [-0.2, 0) is 0 Å². The lowest BCUT2D eigenvalue weighted by atomic mass is 9.97. The normalized spacial score (nSPS) is 20.8. The third-order valence-corrected chi connectivity index (χ3v) is 3.63. The molecule has 2 rings (SSSR count). The number of nitrogens with zero attached hydrogens (tertiary/aromatic N) is 1. The van der Waals surface area contributed by atoms with Crippen LogP contribution in [0.3, 0.4) is 0 Å². The predicted molar refractivity (Wildman–Crippen MR) is 75.0 cm³/mol. The van der Waals surface area contributed by atoms with Crippen molar-refractivity contribution in [2.24, 2.45) is 0 Å². The fourth-order valence-electron chi connectivity index (χ4n) is 2.84. The molecule has 2 atom stereocenters. The van der Waals surface area contributed by atoms with E-state index >= 15 is 0 Å². The highest BCUT2D eigenvalue weighted by Gasteiger charge is 2.28. The number of benzene rings is 1. The molecule has 1 N–H and O–H groups in total. The monoisotopic (exact) mass is 266 g/mol. The van der Waals surface area contributed by atoms with Crippen molar-refractivity contribution in [1.29, 1.82) is 0 Å². The zero-order valence-corrected chi connectivity index (χ0v) is 11.9. The Bertz CT molecular complexity index is 417. The third-order valence-electron chi connectivity index (χ3n) is 3.63. The molecular formula is C15H23FN2O. The van der Waals surface area contributed by atoms with Crippen LogP contribution in [0.1, 0.15) is 31.4 Å². The summed E-state index contributed by atoms with van der Waals surface area (Å²) in [5, 5.41) is 3.50. The van der Waals surface area contributed by atoms with Crippen molar-refractivity contribution in [2.75, 3.05) is 27.2 Å². The van der Waals surface area contributed by atoms with Crippen molar-refractivity contribution in [1.82, 2.24) is 10.2 Å². The lowest BCUT2D eigenvalue weighted by Gasteiger charge is -2.30. The van der Waals surface area contributed by atoms with Crippen LogP contribution in [0.25, 0.3) is 0 Å². The van der Waals surface area contributed by atoms with Crippen LogP contribution in [0, 0.1) is 5.82 Å².